The molecule has 0 unspecified atom stereocenters. The Kier molecular flexibility index (Phi) is 8.19. The largest absolute Gasteiger partial charge is 0.247 e. The van der Waals surface area contributed by atoms with Crippen LogP contribution in [0.2, 0.25) is 0 Å². The van der Waals surface area contributed by atoms with Gasteiger partial charge in [-0.15, -0.1) is 34.0 Å². The molecular weight excluding hydrogens is 847 g/mol. The van der Waals surface area contributed by atoms with Crippen molar-refractivity contribution in [1.82, 2.24) is 15.0 Å². The van der Waals surface area contributed by atoms with E-state index >= 15 is 0 Å². The third-order valence-corrected chi connectivity index (χ3v) is 16.4. The molecule has 6 heteroatoms. The summed E-state index contributed by atoms with van der Waals surface area (Å²) >= 11 is 5.53. The predicted molar refractivity (Wildman–Crippen MR) is 281 cm³/mol. The van der Waals surface area contributed by atoms with Crippen LogP contribution in [0.5, 0.6) is 0 Å². The van der Waals surface area contributed by atoms with E-state index < -0.39 is 0 Å². The van der Waals surface area contributed by atoms with Gasteiger partial charge in [-0.3, -0.25) is 0 Å². The smallest absolute Gasteiger partial charge is 0.160 e. The van der Waals surface area contributed by atoms with Crippen LogP contribution in [0.15, 0.2) is 200 Å². The van der Waals surface area contributed by atoms with Gasteiger partial charge in [0, 0.05) is 104 Å². The van der Waals surface area contributed by atoms with Crippen molar-refractivity contribution in [3.8, 4) is 56.3 Å². The molecule has 14 aromatic rings. The van der Waals surface area contributed by atoms with Gasteiger partial charge in [0.1, 0.15) is 0 Å². The zero-order valence-electron chi connectivity index (χ0n) is 34.6. The third-order valence-electron chi connectivity index (χ3n) is 12.9. The van der Waals surface area contributed by atoms with Gasteiger partial charge in [0.15, 0.2) is 5.82 Å². The van der Waals surface area contributed by atoms with E-state index in [1.807, 2.05) is 34.0 Å². The molecule has 0 N–H and O–H groups in total. The molecule has 302 valence electrons. The van der Waals surface area contributed by atoms with Crippen molar-refractivity contribution in [1.29, 1.82) is 0 Å². The van der Waals surface area contributed by atoms with Gasteiger partial charge in [0.05, 0.1) is 22.6 Å². The molecule has 14 rings (SSSR count). The fraction of sp³-hybridized carbons (Fsp3) is 0. The molecule has 0 spiro atoms. The van der Waals surface area contributed by atoms with Crippen molar-refractivity contribution >= 4 is 116 Å². The van der Waals surface area contributed by atoms with Crippen LogP contribution in [0.1, 0.15) is 0 Å². The van der Waals surface area contributed by atoms with Crippen molar-refractivity contribution in [3.63, 3.8) is 0 Å². The molecule has 0 radical (unpaired) electrons. The Labute approximate surface area is 385 Å². The first-order chi connectivity index (χ1) is 32.2. The molecule has 0 aliphatic carbocycles. The summed E-state index contributed by atoms with van der Waals surface area (Å²) < 4.78 is 7.67. The lowest BCUT2D eigenvalue weighted by Gasteiger charge is -2.15. The van der Waals surface area contributed by atoms with Crippen LogP contribution >= 0.6 is 34.0 Å². The van der Waals surface area contributed by atoms with Gasteiger partial charge in [-0.05, 0) is 72.3 Å². The van der Waals surface area contributed by atoms with Crippen LogP contribution in [-0.2, 0) is 0 Å². The molecule has 0 bridgehead atoms. The fourth-order valence-electron chi connectivity index (χ4n) is 9.80. The van der Waals surface area contributed by atoms with Gasteiger partial charge < -0.3 is 0 Å². The molecule has 0 atom stereocenters. The Bertz CT molecular complexity index is 4110. The molecule has 0 fully saturated rings. The maximum atomic E-state index is 5.36. The van der Waals surface area contributed by atoms with E-state index in [0.29, 0.717) is 5.82 Å². The second-order valence-corrected chi connectivity index (χ2v) is 19.9. The molecular formula is C59H33N3S3. The predicted octanol–water partition coefficient (Wildman–Crippen LogP) is 17.6. The van der Waals surface area contributed by atoms with E-state index in [9.17, 15) is 0 Å². The summed E-state index contributed by atoms with van der Waals surface area (Å²) in [6, 6.07) is 72.4. The van der Waals surface area contributed by atoms with Gasteiger partial charge in [-0.2, -0.15) is 0 Å². The van der Waals surface area contributed by atoms with E-state index in [0.717, 1.165) is 55.8 Å². The van der Waals surface area contributed by atoms with E-state index in [1.54, 1.807) is 0 Å². The summed E-state index contributed by atoms with van der Waals surface area (Å²) in [6.07, 6.45) is 0. The number of para-hydroxylation sites is 1. The quantitative estimate of drug-likeness (QED) is 0.162. The number of hydrogen-bond donors (Lipinski definition) is 0. The van der Waals surface area contributed by atoms with Crippen molar-refractivity contribution < 1.29 is 0 Å². The van der Waals surface area contributed by atoms with E-state index in [4.69, 9.17) is 15.0 Å². The number of thiophene rings is 3. The van der Waals surface area contributed by atoms with Gasteiger partial charge in [0.25, 0.3) is 0 Å². The number of rotatable bonds is 5. The highest BCUT2D eigenvalue weighted by Crippen LogP contribution is 2.48. The standard InChI is InChI=1S/C59H33N3S3/c1-2-12-36(13-3-1)57-46-32-43(58-56(42-17-7-11-21-52(42)65-58)55(46)41-16-4-8-18-47(41)60-57)34-22-24-35(25-23-34)48-33-49(37-26-28-53-44(30-37)39-14-5-9-19-50(39)63-53)62-59(61-48)38-27-29-54-45(31-38)40-15-6-10-20-51(40)64-54/h1-33H. The highest BCUT2D eigenvalue weighted by atomic mass is 32.1. The SMILES string of the molecule is c1ccc(-c2nc3ccccc3c3c2cc(-c2ccc(-c4cc(-c5ccc6sc7ccccc7c6c5)nc(-c5ccc6sc7ccccc7c6c5)n4)cc2)c2sc4ccccc4c23)cc1. The molecule has 5 heterocycles. The minimum absolute atomic E-state index is 0.712. The molecule has 0 amide bonds. The van der Waals surface area contributed by atoms with Crippen LogP contribution in [0.4, 0.5) is 0 Å². The van der Waals surface area contributed by atoms with Crippen molar-refractivity contribution in [2.45, 2.75) is 0 Å². The molecule has 3 nitrogen and oxygen atoms in total. The van der Waals surface area contributed by atoms with Crippen LogP contribution in [0.3, 0.4) is 0 Å². The molecule has 9 aromatic carbocycles. The molecule has 65 heavy (non-hydrogen) atoms. The summed E-state index contributed by atoms with van der Waals surface area (Å²) in [5.41, 5.74) is 10.4. The molecule has 0 aliphatic heterocycles. The average molecular weight is 880 g/mol. The van der Waals surface area contributed by atoms with Crippen molar-refractivity contribution in [2.75, 3.05) is 0 Å². The lowest BCUT2D eigenvalue weighted by molar-refractivity contribution is 1.19. The Morgan fingerprint density at radius 2 is 0.815 bits per heavy atom. The number of fused-ring (bicyclic) bond motifs is 13. The Balaban J connectivity index is 0.966. The second kappa shape index (κ2) is 14.5. The summed E-state index contributed by atoms with van der Waals surface area (Å²) in [6.45, 7) is 0. The highest BCUT2D eigenvalue weighted by Gasteiger charge is 2.21. The first-order valence-electron chi connectivity index (χ1n) is 21.7. The van der Waals surface area contributed by atoms with Crippen LogP contribution in [-0.4, -0.2) is 15.0 Å². The highest BCUT2D eigenvalue weighted by molar-refractivity contribution is 7.27. The number of pyridine rings is 1. The number of nitrogens with zero attached hydrogens (tertiary/aromatic N) is 3. The Morgan fingerprint density at radius 1 is 0.292 bits per heavy atom. The normalized spacial score (nSPS) is 12.0. The van der Waals surface area contributed by atoms with E-state index in [-0.39, 0.29) is 0 Å². The summed E-state index contributed by atoms with van der Waals surface area (Å²) in [7, 11) is 0. The second-order valence-electron chi connectivity index (χ2n) is 16.7. The lowest BCUT2D eigenvalue weighted by atomic mass is 9.92. The fourth-order valence-corrected chi connectivity index (χ4v) is 13.2. The van der Waals surface area contributed by atoms with Gasteiger partial charge in [-0.25, -0.2) is 15.0 Å². The number of aromatic nitrogens is 3. The van der Waals surface area contributed by atoms with Gasteiger partial charge in [0.2, 0.25) is 0 Å². The van der Waals surface area contributed by atoms with E-state index in [2.05, 4.69) is 200 Å². The van der Waals surface area contributed by atoms with Crippen LogP contribution < -0.4 is 0 Å². The first-order valence-corrected chi connectivity index (χ1v) is 24.2. The Hall–Kier alpha value is -7.61. The first kappa shape index (κ1) is 36.8. The Morgan fingerprint density at radius 3 is 1.52 bits per heavy atom. The topological polar surface area (TPSA) is 38.7 Å². The summed E-state index contributed by atoms with van der Waals surface area (Å²) in [5.74, 6) is 0.712. The maximum Gasteiger partial charge on any atom is 0.160 e. The minimum atomic E-state index is 0.712. The molecule has 0 aliphatic rings. The van der Waals surface area contributed by atoms with E-state index in [1.165, 1.54) is 76.9 Å². The molecule has 5 aromatic heterocycles. The maximum absolute atomic E-state index is 5.36. The van der Waals surface area contributed by atoms with Gasteiger partial charge >= 0.3 is 0 Å². The van der Waals surface area contributed by atoms with Crippen LogP contribution in [0.25, 0.3) is 138 Å². The minimum Gasteiger partial charge on any atom is -0.247 e. The lowest BCUT2D eigenvalue weighted by Crippen LogP contribution is -1.96. The zero-order valence-corrected chi connectivity index (χ0v) is 37.1. The average Bonchev–Trinajstić information content (AvgIpc) is 4.07. The summed E-state index contributed by atoms with van der Waals surface area (Å²) in [4.78, 5) is 16.0. The number of benzene rings is 9. The third kappa shape index (κ3) is 5.88. The number of hydrogen-bond acceptors (Lipinski definition) is 6. The molecule has 0 saturated heterocycles. The molecule has 0 saturated carbocycles. The monoisotopic (exact) mass is 879 g/mol. The van der Waals surface area contributed by atoms with Gasteiger partial charge in [-0.1, -0.05) is 133 Å². The van der Waals surface area contributed by atoms with Crippen LogP contribution in [0, 0.1) is 0 Å². The summed E-state index contributed by atoms with van der Waals surface area (Å²) in [5, 5.41) is 11.2. The van der Waals surface area contributed by atoms with Crippen molar-refractivity contribution in [3.05, 3.63) is 200 Å². The zero-order chi connectivity index (χ0) is 42.6. The van der Waals surface area contributed by atoms with Crippen molar-refractivity contribution in [2.24, 2.45) is 0 Å².